The molecule has 2 aromatic carbocycles. The SMILES string of the molecule is COc1ccc(NC(=S)NC(=O)CSc2ccc(Cl)cc2)cc1-c1ccc(CO)o1. The van der Waals surface area contributed by atoms with Crippen molar-refractivity contribution in [2.24, 2.45) is 0 Å². The fourth-order valence-electron chi connectivity index (χ4n) is 2.59. The molecule has 1 amide bonds. The van der Waals surface area contributed by atoms with Gasteiger partial charge in [0.1, 0.15) is 23.9 Å². The minimum Gasteiger partial charge on any atom is -0.496 e. The van der Waals surface area contributed by atoms with Crippen LogP contribution in [0.2, 0.25) is 5.02 Å². The highest BCUT2D eigenvalue weighted by molar-refractivity contribution is 8.00. The van der Waals surface area contributed by atoms with Crippen LogP contribution in [-0.2, 0) is 11.4 Å². The molecule has 0 saturated carbocycles. The summed E-state index contributed by atoms with van der Waals surface area (Å²) in [6.45, 7) is -0.190. The molecule has 156 valence electrons. The van der Waals surface area contributed by atoms with Crippen molar-refractivity contribution in [3.63, 3.8) is 0 Å². The first-order valence-corrected chi connectivity index (χ1v) is 10.6. The lowest BCUT2D eigenvalue weighted by atomic mass is 10.1. The molecule has 0 atom stereocenters. The van der Waals surface area contributed by atoms with Crippen LogP contribution in [0.4, 0.5) is 5.69 Å². The van der Waals surface area contributed by atoms with E-state index in [9.17, 15) is 9.90 Å². The number of carbonyl (C=O) groups is 1. The number of hydrogen-bond acceptors (Lipinski definition) is 6. The molecule has 3 aromatic rings. The number of aliphatic hydroxyl groups excluding tert-OH is 1. The topological polar surface area (TPSA) is 83.7 Å². The number of amides is 1. The largest absolute Gasteiger partial charge is 0.496 e. The molecule has 0 aliphatic carbocycles. The predicted molar refractivity (Wildman–Crippen MR) is 123 cm³/mol. The van der Waals surface area contributed by atoms with Crippen molar-refractivity contribution in [1.82, 2.24) is 5.32 Å². The van der Waals surface area contributed by atoms with Crippen molar-refractivity contribution < 1.29 is 19.1 Å². The maximum Gasteiger partial charge on any atom is 0.236 e. The third-order valence-corrected chi connectivity index (χ3v) is 5.44. The summed E-state index contributed by atoms with van der Waals surface area (Å²) in [6, 6.07) is 16.0. The van der Waals surface area contributed by atoms with Gasteiger partial charge in [0.25, 0.3) is 0 Å². The van der Waals surface area contributed by atoms with E-state index in [1.807, 2.05) is 12.1 Å². The molecule has 0 spiro atoms. The van der Waals surface area contributed by atoms with Crippen LogP contribution in [0.25, 0.3) is 11.3 Å². The second kappa shape index (κ2) is 10.5. The van der Waals surface area contributed by atoms with E-state index in [2.05, 4.69) is 10.6 Å². The van der Waals surface area contributed by atoms with Gasteiger partial charge < -0.3 is 24.9 Å². The van der Waals surface area contributed by atoms with Gasteiger partial charge in [0.05, 0.1) is 18.4 Å². The van der Waals surface area contributed by atoms with Crippen LogP contribution in [0.15, 0.2) is 63.9 Å². The smallest absolute Gasteiger partial charge is 0.236 e. The van der Waals surface area contributed by atoms with E-state index in [4.69, 9.17) is 33.0 Å². The Morgan fingerprint density at radius 2 is 1.97 bits per heavy atom. The van der Waals surface area contributed by atoms with E-state index < -0.39 is 0 Å². The number of halogens is 1. The summed E-state index contributed by atoms with van der Waals surface area (Å²) in [5.74, 6) is 1.60. The number of rotatable bonds is 7. The van der Waals surface area contributed by atoms with Gasteiger partial charge in [0.2, 0.25) is 5.91 Å². The molecule has 0 aliphatic heterocycles. The van der Waals surface area contributed by atoms with Gasteiger partial charge in [-0.3, -0.25) is 4.79 Å². The Bertz CT molecular complexity index is 1040. The molecule has 1 aromatic heterocycles. The first kappa shape index (κ1) is 22.2. The molecular weight excluding hydrogens is 444 g/mol. The van der Waals surface area contributed by atoms with Gasteiger partial charge in [-0.2, -0.15) is 0 Å². The molecule has 0 bridgehead atoms. The van der Waals surface area contributed by atoms with E-state index in [0.717, 1.165) is 4.90 Å². The number of methoxy groups -OCH3 is 1. The zero-order chi connectivity index (χ0) is 21.5. The van der Waals surface area contributed by atoms with E-state index in [-0.39, 0.29) is 23.4 Å². The molecule has 9 heteroatoms. The van der Waals surface area contributed by atoms with Crippen molar-refractivity contribution in [2.75, 3.05) is 18.2 Å². The molecule has 0 fully saturated rings. The number of thioether (sulfide) groups is 1. The predicted octanol–water partition coefficient (Wildman–Crippen LogP) is 4.71. The Labute approximate surface area is 188 Å². The molecule has 6 nitrogen and oxygen atoms in total. The van der Waals surface area contributed by atoms with Gasteiger partial charge in [-0.05, 0) is 66.8 Å². The van der Waals surface area contributed by atoms with Crippen molar-refractivity contribution >= 4 is 52.3 Å². The van der Waals surface area contributed by atoms with Gasteiger partial charge in [0.15, 0.2) is 5.11 Å². The molecule has 3 rings (SSSR count). The molecule has 0 unspecified atom stereocenters. The fourth-order valence-corrected chi connectivity index (χ4v) is 3.65. The highest BCUT2D eigenvalue weighted by atomic mass is 35.5. The van der Waals surface area contributed by atoms with Crippen molar-refractivity contribution in [1.29, 1.82) is 0 Å². The Balaban J connectivity index is 1.61. The zero-order valence-corrected chi connectivity index (χ0v) is 18.4. The summed E-state index contributed by atoms with van der Waals surface area (Å²) in [6.07, 6.45) is 0. The van der Waals surface area contributed by atoms with Crippen LogP contribution >= 0.6 is 35.6 Å². The second-order valence-corrected chi connectivity index (χ2v) is 7.98. The maximum absolute atomic E-state index is 12.2. The maximum atomic E-state index is 12.2. The lowest BCUT2D eigenvalue weighted by Crippen LogP contribution is -2.35. The lowest BCUT2D eigenvalue weighted by Gasteiger charge is -2.12. The Morgan fingerprint density at radius 3 is 2.63 bits per heavy atom. The van der Waals surface area contributed by atoms with Crippen LogP contribution in [0, 0.1) is 0 Å². The number of hydrogen-bond donors (Lipinski definition) is 3. The number of ether oxygens (including phenoxy) is 1. The van der Waals surface area contributed by atoms with Crippen molar-refractivity contribution in [3.8, 4) is 17.1 Å². The lowest BCUT2D eigenvalue weighted by molar-refractivity contribution is -0.117. The average Bonchev–Trinajstić information content (AvgIpc) is 3.22. The summed E-state index contributed by atoms with van der Waals surface area (Å²) in [4.78, 5) is 13.1. The fraction of sp³-hybridized carbons (Fsp3) is 0.143. The first-order valence-electron chi connectivity index (χ1n) is 8.85. The van der Waals surface area contributed by atoms with Crippen LogP contribution < -0.4 is 15.4 Å². The number of carbonyl (C=O) groups excluding carboxylic acids is 1. The number of furan rings is 1. The monoisotopic (exact) mass is 462 g/mol. The minimum atomic E-state index is -0.222. The number of nitrogens with one attached hydrogen (secondary N) is 2. The average molecular weight is 463 g/mol. The van der Waals surface area contributed by atoms with Gasteiger partial charge in [-0.15, -0.1) is 11.8 Å². The summed E-state index contributed by atoms with van der Waals surface area (Å²) >= 11 is 12.5. The molecule has 0 saturated heterocycles. The molecule has 0 radical (unpaired) electrons. The van der Waals surface area contributed by atoms with Crippen molar-refractivity contribution in [2.45, 2.75) is 11.5 Å². The quantitative estimate of drug-likeness (QED) is 0.346. The van der Waals surface area contributed by atoms with E-state index >= 15 is 0 Å². The van der Waals surface area contributed by atoms with Crippen LogP contribution in [0.3, 0.4) is 0 Å². The van der Waals surface area contributed by atoms with Crippen LogP contribution in [0.1, 0.15) is 5.76 Å². The minimum absolute atomic E-state index is 0.184. The van der Waals surface area contributed by atoms with Crippen LogP contribution in [-0.4, -0.2) is 29.0 Å². The van der Waals surface area contributed by atoms with Gasteiger partial charge in [0, 0.05) is 15.6 Å². The summed E-state index contributed by atoms with van der Waals surface area (Å²) in [5, 5.41) is 15.7. The molecule has 3 N–H and O–H groups in total. The van der Waals surface area contributed by atoms with Gasteiger partial charge in [-0.25, -0.2) is 0 Å². The van der Waals surface area contributed by atoms with Crippen molar-refractivity contribution in [3.05, 3.63) is 65.4 Å². The molecule has 30 heavy (non-hydrogen) atoms. The summed E-state index contributed by atoms with van der Waals surface area (Å²) < 4.78 is 11.0. The summed E-state index contributed by atoms with van der Waals surface area (Å²) in [7, 11) is 1.56. The Hall–Kier alpha value is -2.52. The number of thiocarbonyl (C=S) groups is 1. The third kappa shape index (κ3) is 5.99. The second-order valence-electron chi connectivity index (χ2n) is 6.08. The van der Waals surface area contributed by atoms with Gasteiger partial charge >= 0.3 is 0 Å². The third-order valence-electron chi connectivity index (χ3n) is 3.98. The normalized spacial score (nSPS) is 10.5. The zero-order valence-electron chi connectivity index (χ0n) is 16.0. The first-order chi connectivity index (χ1) is 14.5. The molecule has 0 aliphatic rings. The Kier molecular flexibility index (Phi) is 7.75. The standard InChI is InChI=1S/C21H19ClN2O4S2/c1-27-18-8-4-14(10-17(18)19-9-5-15(11-25)28-19)23-21(29)24-20(26)12-30-16-6-2-13(22)3-7-16/h2-10,25H,11-12H2,1H3,(H2,23,24,26,29). The van der Waals surface area contributed by atoms with E-state index in [1.165, 1.54) is 11.8 Å². The number of anilines is 1. The highest BCUT2D eigenvalue weighted by Gasteiger charge is 2.13. The van der Waals surface area contributed by atoms with E-state index in [0.29, 0.717) is 33.5 Å². The molecular formula is C21H19ClN2O4S2. The molecule has 1 heterocycles. The highest BCUT2D eigenvalue weighted by Crippen LogP contribution is 2.33. The summed E-state index contributed by atoms with van der Waals surface area (Å²) in [5.41, 5.74) is 1.35. The number of benzene rings is 2. The van der Waals surface area contributed by atoms with Gasteiger partial charge in [-0.1, -0.05) is 11.6 Å². The van der Waals surface area contributed by atoms with Crippen LogP contribution in [0.5, 0.6) is 5.75 Å². The number of aliphatic hydroxyl groups is 1. The van der Waals surface area contributed by atoms with E-state index in [1.54, 1.807) is 49.6 Å². The Morgan fingerprint density at radius 1 is 1.20 bits per heavy atom.